The van der Waals surface area contributed by atoms with E-state index in [1.165, 1.54) is 31.6 Å². The predicted octanol–water partition coefficient (Wildman–Crippen LogP) is 3.66. The van der Waals surface area contributed by atoms with Crippen LogP contribution in [0.15, 0.2) is 24.3 Å². The number of nitrogens with one attached hydrogen (secondary N) is 1. The smallest absolute Gasteiger partial charge is 0.306 e. The summed E-state index contributed by atoms with van der Waals surface area (Å²) in [5.41, 5.74) is 8.12. The van der Waals surface area contributed by atoms with Crippen LogP contribution in [0.3, 0.4) is 0 Å². The lowest BCUT2D eigenvalue weighted by Crippen LogP contribution is -2.52. The molecule has 44 heavy (non-hydrogen) atoms. The second-order valence-electron chi connectivity index (χ2n) is 13.5. The molecule has 11 nitrogen and oxygen atoms in total. The Labute approximate surface area is 262 Å². The second kappa shape index (κ2) is 13.7. The van der Waals surface area contributed by atoms with Gasteiger partial charge in [0.1, 0.15) is 5.60 Å². The van der Waals surface area contributed by atoms with Crippen molar-refractivity contribution in [2.24, 2.45) is 11.7 Å². The second-order valence-corrected chi connectivity index (χ2v) is 13.5. The third-order valence-electron chi connectivity index (χ3n) is 8.99. The molecule has 5 rings (SSSR count). The highest BCUT2D eigenvalue weighted by Gasteiger charge is 2.31. The molecule has 1 amide bonds. The van der Waals surface area contributed by atoms with Crippen LogP contribution in [-0.4, -0.2) is 103 Å². The molecule has 1 atom stereocenters. The topological polar surface area (TPSA) is 120 Å². The van der Waals surface area contributed by atoms with E-state index in [9.17, 15) is 9.59 Å². The number of piperazine rings is 1. The first-order chi connectivity index (χ1) is 21.0. The molecule has 3 aliphatic heterocycles. The van der Waals surface area contributed by atoms with Crippen molar-refractivity contribution < 1.29 is 14.3 Å². The molecule has 0 aliphatic carbocycles. The van der Waals surface area contributed by atoms with E-state index in [1.807, 2.05) is 39.8 Å². The summed E-state index contributed by atoms with van der Waals surface area (Å²) >= 11 is 0. The lowest BCUT2D eigenvalue weighted by Gasteiger charge is -2.42. The van der Waals surface area contributed by atoms with Crippen molar-refractivity contribution in [3.8, 4) is 0 Å². The molecule has 0 saturated carbocycles. The molecule has 0 unspecified atom stereocenters. The molecule has 11 heteroatoms. The van der Waals surface area contributed by atoms with Gasteiger partial charge in [0.2, 0.25) is 0 Å². The van der Waals surface area contributed by atoms with Gasteiger partial charge in [-0.3, -0.25) is 14.5 Å². The monoisotopic (exact) mass is 606 g/mol. The molecule has 3 fully saturated rings. The molecule has 3 aliphatic rings. The molecule has 3 N–H and O–H groups in total. The number of piperidine rings is 1. The van der Waals surface area contributed by atoms with E-state index in [-0.39, 0.29) is 17.6 Å². The number of rotatable bonds is 9. The van der Waals surface area contributed by atoms with Crippen LogP contribution < -0.4 is 20.9 Å². The van der Waals surface area contributed by atoms with Crippen LogP contribution in [0.5, 0.6) is 0 Å². The summed E-state index contributed by atoms with van der Waals surface area (Å²) in [7, 11) is 2.21. The minimum absolute atomic E-state index is 0.130. The Morgan fingerprint density at radius 1 is 0.955 bits per heavy atom. The summed E-state index contributed by atoms with van der Waals surface area (Å²) in [5, 5.41) is 3.32. The van der Waals surface area contributed by atoms with Crippen molar-refractivity contribution in [3.63, 3.8) is 0 Å². The number of benzene rings is 1. The molecule has 2 aromatic rings. The van der Waals surface area contributed by atoms with Gasteiger partial charge in [-0.1, -0.05) is 6.92 Å². The van der Waals surface area contributed by atoms with Crippen LogP contribution in [0.4, 0.5) is 23.0 Å². The van der Waals surface area contributed by atoms with Gasteiger partial charge in [-0.15, -0.1) is 0 Å². The summed E-state index contributed by atoms with van der Waals surface area (Å²) in [6.45, 7) is 15.8. The maximum Gasteiger partial charge on any atom is 0.306 e. The van der Waals surface area contributed by atoms with Crippen molar-refractivity contribution in [1.29, 1.82) is 0 Å². The number of nitrogens with zero attached hydrogens (tertiary/aromatic N) is 6. The van der Waals surface area contributed by atoms with Crippen molar-refractivity contribution in [1.82, 2.24) is 19.8 Å². The van der Waals surface area contributed by atoms with Gasteiger partial charge in [-0.05, 0) is 83.7 Å². The number of hydrogen-bond donors (Lipinski definition) is 2. The van der Waals surface area contributed by atoms with E-state index in [0.717, 1.165) is 56.3 Å². The molecule has 240 valence electrons. The molecule has 4 heterocycles. The minimum atomic E-state index is -0.620. The fourth-order valence-electron chi connectivity index (χ4n) is 6.59. The Morgan fingerprint density at radius 3 is 2.23 bits per heavy atom. The molecule has 0 bridgehead atoms. The van der Waals surface area contributed by atoms with E-state index < -0.39 is 11.5 Å². The zero-order valence-electron chi connectivity index (χ0n) is 27.1. The summed E-state index contributed by atoms with van der Waals surface area (Å²) in [4.78, 5) is 44.1. The van der Waals surface area contributed by atoms with Crippen LogP contribution in [0.25, 0.3) is 0 Å². The fraction of sp³-hybridized carbons (Fsp3) is 0.636. The van der Waals surface area contributed by atoms with Crippen molar-refractivity contribution in [2.75, 3.05) is 74.5 Å². The Bertz CT molecular complexity index is 1300. The number of carbonyl (C=O) groups excluding carboxylic acids is 2. The number of aryl methyl sites for hydroxylation is 1. The molecule has 3 saturated heterocycles. The lowest BCUT2D eigenvalue weighted by molar-refractivity contribution is -0.155. The quantitative estimate of drug-likeness (QED) is 0.409. The van der Waals surface area contributed by atoms with Crippen molar-refractivity contribution in [2.45, 2.75) is 71.4 Å². The first-order valence-corrected chi connectivity index (χ1v) is 16.2. The van der Waals surface area contributed by atoms with Gasteiger partial charge in [0, 0.05) is 69.8 Å². The number of nitrogens with two attached hydrogens (primary N) is 1. The van der Waals surface area contributed by atoms with Gasteiger partial charge in [0.05, 0.1) is 12.1 Å². The number of esters is 1. The maximum absolute atomic E-state index is 12.4. The van der Waals surface area contributed by atoms with Gasteiger partial charge < -0.3 is 30.5 Å². The van der Waals surface area contributed by atoms with Gasteiger partial charge in [-0.2, -0.15) is 0 Å². The maximum atomic E-state index is 12.4. The van der Waals surface area contributed by atoms with Crippen LogP contribution in [0.1, 0.15) is 69.6 Å². The number of ether oxygens (including phenoxy) is 1. The normalized spacial score (nSPS) is 20.6. The number of aromatic nitrogens is 2. The minimum Gasteiger partial charge on any atom is -0.460 e. The zero-order valence-corrected chi connectivity index (χ0v) is 27.1. The molecular weight excluding hydrogens is 556 g/mol. The van der Waals surface area contributed by atoms with E-state index in [1.54, 1.807) is 0 Å². The van der Waals surface area contributed by atoms with E-state index in [0.29, 0.717) is 31.2 Å². The van der Waals surface area contributed by atoms with Gasteiger partial charge in [0.25, 0.3) is 5.91 Å². The van der Waals surface area contributed by atoms with E-state index in [2.05, 4.69) is 49.1 Å². The number of amides is 1. The summed E-state index contributed by atoms with van der Waals surface area (Å²) in [5.74, 6) is 0.445. The number of primary amides is 1. The number of likely N-dealkylation sites (N-methyl/N-ethyl adjacent to an activating group) is 1. The summed E-state index contributed by atoms with van der Waals surface area (Å²) < 4.78 is 5.54. The SMILES string of the molecule is CCc1nc(C(N)=O)c(Nc2ccc(N3CCC(N4CCN(C)CC4)CC3)cc2)nc1N1CC[C@H](CC(=O)OC(C)(C)C)C1. The largest absolute Gasteiger partial charge is 0.460 e. The lowest BCUT2D eigenvalue weighted by atomic mass is 10.0. The number of hydrogen-bond acceptors (Lipinski definition) is 10. The van der Waals surface area contributed by atoms with Gasteiger partial charge in [0.15, 0.2) is 17.3 Å². The average Bonchev–Trinajstić information content (AvgIpc) is 3.45. The van der Waals surface area contributed by atoms with Gasteiger partial charge >= 0.3 is 5.97 Å². The molecular formula is C33H50N8O3. The van der Waals surface area contributed by atoms with Gasteiger partial charge in [-0.25, -0.2) is 9.97 Å². The highest BCUT2D eigenvalue weighted by Crippen LogP contribution is 2.31. The third kappa shape index (κ3) is 7.98. The van der Waals surface area contributed by atoms with Crippen LogP contribution in [-0.2, 0) is 16.0 Å². The summed E-state index contributed by atoms with van der Waals surface area (Å²) in [6.07, 6.45) is 4.20. The molecule has 1 aromatic carbocycles. The van der Waals surface area contributed by atoms with Crippen LogP contribution >= 0.6 is 0 Å². The molecule has 0 radical (unpaired) electrons. The summed E-state index contributed by atoms with van der Waals surface area (Å²) in [6, 6.07) is 8.97. The first-order valence-electron chi connectivity index (χ1n) is 16.2. The van der Waals surface area contributed by atoms with Crippen molar-refractivity contribution >= 4 is 34.9 Å². The molecule has 0 spiro atoms. The van der Waals surface area contributed by atoms with Crippen LogP contribution in [0, 0.1) is 5.92 Å². The highest BCUT2D eigenvalue weighted by molar-refractivity contribution is 5.96. The van der Waals surface area contributed by atoms with E-state index in [4.69, 9.17) is 15.5 Å². The first kappa shape index (κ1) is 32.0. The van der Waals surface area contributed by atoms with E-state index >= 15 is 0 Å². The number of carbonyl (C=O) groups is 2. The van der Waals surface area contributed by atoms with Crippen LogP contribution in [0.2, 0.25) is 0 Å². The zero-order chi connectivity index (χ0) is 31.4. The number of anilines is 4. The fourth-order valence-corrected chi connectivity index (χ4v) is 6.59. The predicted molar refractivity (Wildman–Crippen MR) is 175 cm³/mol. The average molecular weight is 607 g/mol. The Kier molecular flexibility index (Phi) is 9.94. The molecule has 1 aromatic heterocycles. The Hall–Kier alpha value is -3.44. The highest BCUT2D eigenvalue weighted by atomic mass is 16.6. The standard InChI is InChI=1S/C33H50N8O3/c1-6-27-32(41-14-11-23(22-41)21-28(42)44-33(2,3)4)37-31(29(36-27)30(34)43)35-24-7-9-25(10-8-24)39-15-12-26(13-16-39)40-19-17-38(5)18-20-40/h7-10,23,26H,6,11-22H2,1-5H3,(H2,34,43)(H,35,37)/t23-/m1/s1. The third-order valence-corrected chi connectivity index (χ3v) is 8.99. The Morgan fingerprint density at radius 2 is 1.61 bits per heavy atom. The Balaban J connectivity index is 1.24. The van der Waals surface area contributed by atoms with Crippen molar-refractivity contribution in [3.05, 3.63) is 35.7 Å².